The maximum absolute atomic E-state index is 12.2. The lowest BCUT2D eigenvalue weighted by molar-refractivity contribution is -0.113. The highest BCUT2D eigenvalue weighted by atomic mass is 35.5. The lowest BCUT2D eigenvalue weighted by atomic mass is 9.90. The van der Waals surface area contributed by atoms with E-state index in [1.54, 1.807) is 6.07 Å². The Hall–Kier alpha value is -2.01. The number of hydrogen-bond donors (Lipinski definition) is 1. The molecule has 1 aromatic carbocycles. The Morgan fingerprint density at radius 1 is 1.29 bits per heavy atom. The Bertz CT molecular complexity index is 841. The first-order chi connectivity index (χ1) is 11.5. The molecule has 6 heteroatoms. The molecule has 1 aromatic heterocycles. The van der Waals surface area contributed by atoms with Gasteiger partial charge in [-0.1, -0.05) is 0 Å². The molecule has 0 aliphatic heterocycles. The second-order valence-corrected chi connectivity index (χ2v) is 6.51. The van der Waals surface area contributed by atoms with Gasteiger partial charge in [-0.05, 0) is 51.2 Å². The Balaban J connectivity index is 2.20. The Kier molecular flexibility index (Phi) is 4.81. The van der Waals surface area contributed by atoms with Crippen LogP contribution in [0.25, 0.3) is 11.0 Å². The summed E-state index contributed by atoms with van der Waals surface area (Å²) in [6.07, 6.45) is 3.53. The number of amides is 1. The first-order valence-electron chi connectivity index (χ1n) is 8.14. The van der Waals surface area contributed by atoms with Crippen LogP contribution in [0.5, 0.6) is 5.75 Å². The average molecular weight is 350 g/mol. The molecule has 0 atom stereocenters. The van der Waals surface area contributed by atoms with Gasteiger partial charge in [-0.2, -0.15) is 0 Å². The number of carbonyl (C=O) groups is 1. The monoisotopic (exact) mass is 349 g/mol. The fourth-order valence-corrected chi connectivity index (χ4v) is 3.17. The van der Waals surface area contributed by atoms with Gasteiger partial charge in [0.25, 0.3) is 0 Å². The number of alkyl halides is 1. The van der Waals surface area contributed by atoms with Gasteiger partial charge in [0.15, 0.2) is 0 Å². The van der Waals surface area contributed by atoms with E-state index in [2.05, 4.69) is 5.32 Å². The summed E-state index contributed by atoms with van der Waals surface area (Å²) in [7, 11) is 0. The Morgan fingerprint density at radius 3 is 2.67 bits per heavy atom. The lowest BCUT2D eigenvalue weighted by Gasteiger charge is -2.19. The average Bonchev–Trinajstić information content (AvgIpc) is 2.55. The van der Waals surface area contributed by atoms with Gasteiger partial charge in [0.1, 0.15) is 17.2 Å². The summed E-state index contributed by atoms with van der Waals surface area (Å²) in [6, 6.07) is 3.50. The van der Waals surface area contributed by atoms with Crippen molar-refractivity contribution < 1.29 is 13.9 Å². The van der Waals surface area contributed by atoms with Crippen LogP contribution in [-0.4, -0.2) is 17.9 Å². The van der Waals surface area contributed by atoms with Crippen LogP contribution in [-0.2, 0) is 17.6 Å². The van der Waals surface area contributed by atoms with Crippen molar-refractivity contribution in [1.82, 2.24) is 0 Å². The molecule has 0 radical (unpaired) electrons. The van der Waals surface area contributed by atoms with E-state index in [0.717, 1.165) is 42.2 Å². The second kappa shape index (κ2) is 6.85. The maximum Gasteiger partial charge on any atom is 0.339 e. The molecule has 0 fully saturated rings. The van der Waals surface area contributed by atoms with E-state index in [4.69, 9.17) is 20.8 Å². The molecular weight excluding hydrogens is 330 g/mol. The number of nitrogens with one attached hydrogen (secondary N) is 1. The second-order valence-electron chi connectivity index (χ2n) is 6.25. The lowest BCUT2D eigenvalue weighted by Crippen LogP contribution is -2.17. The van der Waals surface area contributed by atoms with Crippen molar-refractivity contribution in [2.24, 2.45) is 0 Å². The Labute approximate surface area is 144 Å². The van der Waals surface area contributed by atoms with E-state index < -0.39 is 0 Å². The van der Waals surface area contributed by atoms with Crippen molar-refractivity contribution in [2.75, 3.05) is 11.2 Å². The van der Waals surface area contributed by atoms with Gasteiger partial charge in [-0.3, -0.25) is 4.79 Å². The molecule has 2 aromatic rings. The van der Waals surface area contributed by atoms with E-state index in [9.17, 15) is 9.59 Å². The predicted molar refractivity (Wildman–Crippen MR) is 94.2 cm³/mol. The number of ether oxygens (including phenoxy) is 1. The molecular formula is C18H20ClNO4. The highest BCUT2D eigenvalue weighted by Crippen LogP contribution is 2.35. The zero-order chi connectivity index (χ0) is 17.3. The molecule has 1 aliphatic rings. The first kappa shape index (κ1) is 16.8. The van der Waals surface area contributed by atoms with Crippen molar-refractivity contribution in [2.45, 2.75) is 45.6 Å². The molecule has 128 valence electrons. The quantitative estimate of drug-likeness (QED) is 0.676. The standard InChI is InChI=1S/C18H20ClNO4/c1-10(2)23-16-8-15-13(7-14(16)20-17(21)9-19)11-5-3-4-6-12(11)18(22)24-15/h7-8,10H,3-6,9H2,1-2H3,(H,20,21). The van der Waals surface area contributed by atoms with Crippen molar-refractivity contribution in [1.29, 1.82) is 0 Å². The number of carbonyl (C=O) groups excluding carboxylic acids is 1. The summed E-state index contributed by atoms with van der Waals surface area (Å²) in [5, 5.41) is 3.62. The predicted octanol–water partition coefficient (Wildman–Crippen LogP) is 3.64. The van der Waals surface area contributed by atoms with Crippen LogP contribution in [0.1, 0.15) is 37.8 Å². The third-order valence-corrected chi connectivity index (χ3v) is 4.32. The summed E-state index contributed by atoms with van der Waals surface area (Å²) in [6.45, 7) is 3.78. The summed E-state index contributed by atoms with van der Waals surface area (Å²) in [5.74, 6) is 0.0203. The maximum atomic E-state index is 12.2. The van der Waals surface area contributed by atoms with Crippen molar-refractivity contribution in [3.63, 3.8) is 0 Å². The van der Waals surface area contributed by atoms with Crippen molar-refractivity contribution in [3.8, 4) is 5.75 Å². The number of rotatable bonds is 4. The van der Waals surface area contributed by atoms with E-state index in [1.807, 2.05) is 19.9 Å². The van der Waals surface area contributed by atoms with Crippen LogP contribution in [0, 0.1) is 0 Å². The zero-order valence-electron chi connectivity index (χ0n) is 13.8. The van der Waals surface area contributed by atoms with Gasteiger partial charge in [-0.25, -0.2) is 4.79 Å². The molecule has 1 aliphatic carbocycles. The summed E-state index contributed by atoms with van der Waals surface area (Å²) in [4.78, 5) is 24.0. The van der Waals surface area contributed by atoms with E-state index in [1.165, 1.54) is 0 Å². The summed E-state index contributed by atoms with van der Waals surface area (Å²) < 4.78 is 11.3. The van der Waals surface area contributed by atoms with E-state index >= 15 is 0 Å². The molecule has 0 saturated heterocycles. The number of hydrogen-bond acceptors (Lipinski definition) is 4. The summed E-state index contributed by atoms with van der Waals surface area (Å²) in [5.41, 5.74) is 2.53. The van der Waals surface area contributed by atoms with Crippen LogP contribution in [0.3, 0.4) is 0 Å². The number of anilines is 1. The molecule has 5 nitrogen and oxygen atoms in total. The molecule has 1 N–H and O–H groups in total. The molecule has 0 unspecified atom stereocenters. The van der Waals surface area contributed by atoms with Crippen molar-refractivity contribution >= 4 is 34.2 Å². The number of fused-ring (bicyclic) bond motifs is 3. The van der Waals surface area contributed by atoms with Crippen LogP contribution in [0.4, 0.5) is 5.69 Å². The molecule has 0 saturated carbocycles. The van der Waals surface area contributed by atoms with Crippen LogP contribution in [0.2, 0.25) is 0 Å². The fourth-order valence-electron chi connectivity index (χ4n) is 3.10. The largest absolute Gasteiger partial charge is 0.489 e. The van der Waals surface area contributed by atoms with Crippen LogP contribution in [0.15, 0.2) is 21.3 Å². The number of benzene rings is 1. The highest BCUT2D eigenvalue weighted by molar-refractivity contribution is 6.29. The minimum atomic E-state index is -0.309. The SMILES string of the molecule is CC(C)Oc1cc2oc(=O)c3c(c2cc1NC(=O)CCl)CCCC3. The normalized spacial score (nSPS) is 13.8. The third-order valence-electron chi connectivity index (χ3n) is 4.08. The fraction of sp³-hybridized carbons (Fsp3) is 0.444. The Morgan fingerprint density at radius 2 is 2.00 bits per heavy atom. The molecule has 0 spiro atoms. The summed E-state index contributed by atoms with van der Waals surface area (Å²) >= 11 is 5.60. The first-order valence-corrected chi connectivity index (χ1v) is 8.68. The van der Waals surface area contributed by atoms with Gasteiger partial charge >= 0.3 is 5.63 Å². The minimum Gasteiger partial charge on any atom is -0.489 e. The van der Waals surface area contributed by atoms with Gasteiger partial charge in [-0.15, -0.1) is 11.6 Å². The molecule has 3 rings (SSSR count). The van der Waals surface area contributed by atoms with Gasteiger partial charge in [0.05, 0.1) is 11.8 Å². The van der Waals surface area contributed by atoms with Crippen LogP contribution < -0.4 is 15.7 Å². The number of aryl methyl sites for hydroxylation is 1. The van der Waals surface area contributed by atoms with Crippen molar-refractivity contribution in [3.05, 3.63) is 33.7 Å². The van der Waals surface area contributed by atoms with Gasteiger partial charge in [0.2, 0.25) is 5.91 Å². The smallest absolute Gasteiger partial charge is 0.339 e. The molecule has 1 amide bonds. The molecule has 24 heavy (non-hydrogen) atoms. The van der Waals surface area contributed by atoms with E-state index in [-0.39, 0.29) is 23.5 Å². The van der Waals surface area contributed by atoms with Gasteiger partial charge < -0.3 is 14.5 Å². The highest BCUT2D eigenvalue weighted by Gasteiger charge is 2.20. The van der Waals surface area contributed by atoms with Crippen LogP contribution >= 0.6 is 11.6 Å². The minimum absolute atomic E-state index is 0.0848. The van der Waals surface area contributed by atoms with E-state index in [0.29, 0.717) is 17.0 Å². The number of halogens is 1. The molecule has 1 heterocycles. The zero-order valence-corrected chi connectivity index (χ0v) is 14.5. The van der Waals surface area contributed by atoms with Gasteiger partial charge in [0, 0.05) is 17.0 Å². The topological polar surface area (TPSA) is 68.5 Å². The third kappa shape index (κ3) is 3.26. The molecule has 0 bridgehead atoms.